The largest absolute Gasteiger partial charge is 0.263 e. The molecule has 1 aromatic heterocycles. The molecule has 0 aliphatic rings. The van der Waals surface area contributed by atoms with Crippen molar-refractivity contribution in [2.75, 3.05) is 4.72 Å². The Bertz CT molecular complexity index is 714. The average Bonchev–Trinajstić information content (AvgIpc) is 2.32. The number of hydrogen-bond acceptors (Lipinski definition) is 3. The Morgan fingerprint density at radius 1 is 1.16 bits per heavy atom. The molecule has 0 spiro atoms. The van der Waals surface area contributed by atoms with Crippen LogP contribution in [0.5, 0.6) is 0 Å². The van der Waals surface area contributed by atoms with Crippen molar-refractivity contribution in [1.29, 1.82) is 0 Å². The van der Waals surface area contributed by atoms with E-state index in [1.165, 1.54) is 19.1 Å². The smallest absolute Gasteiger partial charge is 0.263 e. The molecule has 19 heavy (non-hydrogen) atoms. The number of sulfonamides is 1. The second kappa shape index (κ2) is 4.97. The molecule has 0 aliphatic heterocycles. The molecule has 2 rings (SSSR count). The lowest BCUT2D eigenvalue weighted by molar-refractivity contribution is 0.598. The van der Waals surface area contributed by atoms with Crippen LogP contribution in [0.1, 0.15) is 11.3 Å². The fourth-order valence-corrected chi connectivity index (χ4v) is 2.67. The molecule has 0 atom stereocenters. The maximum absolute atomic E-state index is 13.1. The highest BCUT2D eigenvalue weighted by Crippen LogP contribution is 2.17. The maximum Gasteiger partial charge on any atom is 0.263 e. The fraction of sp³-hybridized carbons (Fsp3) is 0.154. The summed E-state index contributed by atoms with van der Waals surface area (Å²) in [4.78, 5) is 4.07. The standard InChI is InChI=1S/C13H13FN2O2S/c1-9-8-11(6-7-12(9)14)19(17,18)16-13-5-3-4-10(2)15-13/h3-8H,1-2H3,(H,15,16). The number of anilines is 1. The maximum atomic E-state index is 13.1. The summed E-state index contributed by atoms with van der Waals surface area (Å²) >= 11 is 0. The van der Waals surface area contributed by atoms with Gasteiger partial charge in [-0.15, -0.1) is 0 Å². The van der Waals surface area contributed by atoms with Gasteiger partial charge in [0.25, 0.3) is 10.0 Å². The normalized spacial score (nSPS) is 11.3. The van der Waals surface area contributed by atoms with E-state index in [4.69, 9.17) is 0 Å². The lowest BCUT2D eigenvalue weighted by Crippen LogP contribution is -2.14. The number of hydrogen-bond donors (Lipinski definition) is 1. The highest BCUT2D eigenvalue weighted by Gasteiger charge is 2.15. The minimum Gasteiger partial charge on any atom is -0.263 e. The van der Waals surface area contributed by atoms with Crippen LogP contribution in [-0.4, -0.2) is 13.4 Å². The summed E-state index contributed by atoms with van der Waals surface area (Å²) in [5.74, 6) is -0.199. The number of aromatic nitrogens is 1. The molecule has 1 heterocycles. The van der Waals surface area contributed by atoms with Crippen molar-refractivity contribution in [3.63, 3.8) is 0 Å². The molecule has 0 radical (unpaired) electrons. The first kappa shape index (κ1) is 13.5. The number of benzene rings is 1. The molecule has 1 N–H and O–H groups in total. The number of nitrogens with one attached hydrogen (secondary N) is 1. The number of pyridine rings is 1. The van der Waals surface area contributed by atoms with Crippen LogP contribution in [0.15, 0.2) is 41.3 Å². The zero-order valence-corrected chi connectivity index (χ0v) is 11.3. The second-order valence-electron chi connectivity index (χ2n) is 4.18. The predicted molar refractivity (Wildman–Crippen MR) is 70.9 cm³/mol. The highest BCUT2D eigenvalue weighted by atomic mass is 32.2. The topological polar surface area (TPSA) is 59.1 Å². The zero-order chi connectivity index (χ0) is 14.0. The van der Waals surface area contributed by atoms with Gasteiger partial charge in [-0.1, -0.05) is 6.07 Å². The molecular formula is C13H13FN2O2S. The van der Waals surface area contributed by atoms with Crippen molar-refractivity contribution >= 4 is 15.8 Å². The molecule has 0 unspecified atom stereocenters. The van der Waals surface area contributed by atoms with Crippen LogP contribution in [-0.2, 0) is 10.0 Å². The van der Waals surface area contributed by atoms with Crippen molar-refractivity contribution in [2.24, 2.45) is 0 Å². The van der Waals surface area contributed by atoms with Gasteiger partial charge >= 0.3 is 0 Å². The van der Waals surface area contributed by atoms with Gasteiger partial charge in [0.15, 0.2) is 0 Å². The van der Waals surface area contributed by atoms with E-state index >= 15 is 0 Å². The van der Waals surface area contributed by atoms with Crippen molar-refractivity contribution < 1.29 is 12.8 Å². The molecule has 0 fully saturated rings. The Balaban J connectivity index is 2.35. The molecule has 100 valence electrons. The van der Waals surface area contributed by atoms with Crippen LogP contribution >= 0.6 is 0 Å². The molecule has 1 aromatic carbocycles. The van der Waals surface area contributed by atoms with E-state index in [1.54, 1.807) is 25.1 Å². The molecule has 0 amide bonds. The van der Waals surface area contributed by atoms with Gasteiger partial charge in [0.2, 0.25) is 0 Å². The summed E-state index contributed by atoms with van der Waals surface area (Å²) < 4.78 is 39.7. The van der Waals surface area contributed by atoms with Gasteiger partial charge in [0.1, 0.15) is 11.6 Å². The first-order valence-electron chi connectivity index (χ1n) is 5.61. The monoisotopic (exact) mass is 280 g/mol. The molecule has 6 heteroatoms. The Morgan fingerprint density at radius 3 is 2.53 bits per heavy atom. The molecule has 2 aromatic rings. The Kier molecular flexibility index (Phi) is 3.53. The summed E-state index contributed by atoms with van der Waals surface area (Å²) in [5.41, 5.74) is 0.982. The van der Waals surface area contributed by atoms with Crippen LogP contribution in [0, 0.1) is 19.7 Å². The van der Waals surface area contributed by atoms with E-state index in [0.29, 0.717) is 5.69 Å². The van der Waals surface area contributed by atoms with Gasteiger partial charge in [0.05, 0.1) is 4.90 Å². The average molecular weight is 280 g/mol. The van der Waals surface area contributed by atoms with Gasteiger partial charge in [-0.3, -0.25) is 4.72 Å². The summed E-state index contributed by atoms with van der Waals surface area (Å²) in [7, 11) is -3.75. The van der Waals surface area contributed by atoms with Gasteiger partial charge in [0, 0.05) is 5.69 Å². The number of rotatable bonds is 3. The quantitative estimate of drug-likeness (QED) is 0.940. The van der Waals surface area contributed by atoms with E-state index in [1.807, 2.05) is 0 Å². The van der Waals surface area contributed by atoms with E-state index in [0.717, 1.165) is 6.07 Å². The van der Waals surface area contributed by atoms with Gasteiger partial charge in [-0.05, 0) is 49.7 Å². The van der Waals surface area contributed by atoms with Crippen LogP contribution in [0.25, 0.3) is 0 Å². The third kappa shape index (κ3) is 3.08. The third-order valence-electron chi connectivity index (χ3n) is 2.57. The Labute approximate surface area is 111 Å². The Hall–Kier alpha value is -1.95. The lowest BCUT2D eigenvalue weighted by atomic mass is 10.2. The van der Waals surface area contributed by atoms with Gasteiger partial charge < -0.3 is 0 Å². The zero-order valence-electron chi connectivity index (χ0n) is 10.5. The summed E-state index contributed by atoms with van der Waals surface area (Å²) in [6.45, 7) is 3.28. The van der Waals surface area contributed by atoms with Crippen molar-refractivity contribution in [3.8, 4) is 0 Å². The number of halogens is 1. The first-order chi connectivity index (χ1) is 8.88. The summed E-state index contributed by atoms with van der Waals surface area (Å²) in [6.07, 6.45) is 0. The van der Waals surface area contributed by atoms with Crippen LogP contribution in [0.4, 0.5) is 10.2 Å². The minimum atomic E-state index is -3.75. The predicted octanol–water partition coefficient (Wildman–Crippen LogP) is 2.64. The van der Waals surface area contributed by atoms with Gasteiger partial charge in [-0.25, -0.2) is 17.8 Å². The Morgan fingerprint density at radius 2 is 1.89 bits per heavy atom. The molecule has 0 saturated carbocycles. The SMILES string of the molecule is Cc1cccc(NS(=O)(=O)c2ccc(F)c(C)c2)n1. The van der Waals surface area contributed by atoms with Gasteiger partial charge in [-0.2, -0.15) is 0 Å². The highest BCUT2D eigenvalue weighted by molar-refractivity contribution is 7.92. The minimum absolute atomic E-state index is 0.00899. The fourth-order valence-electron chi connectivity index (χ4n) is 1.58. The van der Waals surface area contributed by atoms with Crippen LogP contribution in [0.3, 0.4) is 0 Å². The van der Waals surface area contributed by atoms with Crippen molar-refractivity contribution in [3.05, 3.63) is 53.5 Å². The molecular weight excluding hydrogens is 267 g/mol. The molecule has 0 aliphatic carbocycles. The summed E-state index contributed by atoms with van der Waals surface area (Å²) in [5, 5.41) is 0. The van der Waals surface area contributed by atoms with E-state index in [9.17, 15) is 12.8 Å². The number of aryl methyl sites for hydroxylation is 2. The van der Waals surface area contributed by atoms with Crippen LogP contribution in [0.2, 0.25) is 0 Å². The lowest BCUT2D eigenvalue weighted by Gasteiger charge is -2.08. The molecule has 0 saturated heterocycles. The van der Waals surface area contributed by atoms with Crippen molar-refractivity contribution in [2.45, 2.75) is 18.7 Å². The number of nitrogens with zero attached hydrogens (tertiary/aromatic N) is 1. The van der Waals surface area contributed by atoms with E-state index in [-0.39, 0.29) is 16.3 Å². The third-order valence-corrected chi connectivity index (χ3v) is 3.92. The molecule has 4 nitrogen and oxygen atoms in total. The summed E-state index contributed by atoms with van der Waals surface area (Å²) in [6, 6.07) is 8.67. The molecule has 0 bridgehead atoms. The van der Waals surface area contributed by atoms with E-state index < -0.39 is 15.8 Å². The second-order valence-corrected chi connectivity index (χ2v) is 5.86. The van der Waals surface area contributed by atoms with Crippen molar-refractivity contribution in [1.82, 2.24) is 4.98 Å². The first-order valence-corrected chi connectivity index (χ1v) is 7.09. The van der Waals surface area contributed by atoms with E-state index in [2.05, 4.69) is 9.71 Å². The van der Waals surface area contributed by atoms with Crippen LogP contribution < -0.4 is 4.72 Å².